The molecule has 1 aromatic rings. The lowest BCUT2D eigenvalue weighted by atomic mass is 9.93. The van der Waals surface area contributed by atoms with Crippen LogP contribution in [0.5, 0.6) is 16.6 Å². The standard InChI is InChI=1S/C19H21NO10S2/c1-20(2)6-3-5(4-7(20)13-12(6)30-13)29-18(27)19(28,14-8(21)10(23)16(25)31-14)15-9(22)11(24)17(26)32-15/h5-7,12-14,28H,3-4H2,1-2H3,(H4-,21,22,23,24,25,26)/p+1. The minimum Gasteiger partial charge on any atom is -0.507 e. The molecule has 6 N–H and O–H groups in total. The molecule has 5 heterocycles. The summed E-state index contributed by atoms with van der Waals surface area (Å²) in [7, 11) is 4.17. The van der Waals surface area contributed by atoms with E-state index in [-0.39, 0.29) is 36.1 Å². The van der Waals surface area contributed by atoms with Crippen molar-refractivity contribution in [2.24, 2.45) is 0 Å². The van der Waals surface area contributed by atoms with Crippen LogP contribution in [0, 0.1) is 0 Å². The lowest BCUT2D eigenvalue weighted by Crippen LogP contribution is -2.60. The lowest BCUT2D eigenvalue weighted by molar-refractivity contribution is -0.938. The number of hydrogen-bond acceptors (Lipinski definition) is 12. The first-order valence-electron chi connectivity index (χ1n) is 9.88. The quantitative estimate of drug-likeness (QED) is 0.195. The summed E-state index contributed by atoms with van der Waals surface area (Å²) in [5.74, 6) is -5.25. The molecule has 13 heteroatoms. The Hall–Kier alpha value is -2.19. The van der Waals surface area contributed by atoms with Gasteiger partial charge in [-0.05, 0) is 0 Å². The maximum atomic E-state index is 13.3. The largest absolute Gasteiger partial charge is 0.507 e. The molecule has 6 unspecified atom stereocenters. The van der Waals surface area contributed by atoms with Gasteiger partial charge in [0.25, 0.3) is 5.12 Å². The Morgan fingerprint density at radius 1 is 1.09 bits per heavy atom. The van der Waals surface area contributed by atoms with E-state index in [0.29, 0.717) is 24.2 Å². The summed E-state index contributed by atoms with van der Waals surface area (Å²) in [5, 5.41) is 57.8. The van der Waals surface area contributed by atoms with Gasteiger partial charge in [-0.3, -0.25) is 4.79 Å². The van der Waals surface area contributed by atoms with E-state index in [0.717, 1.165) is 4.48 Å². The van der Waals surface area contributed by atoms with E-state index in [1.165, 1.54) is 0 Å². The number of fused-ring (bicyclic) bond motifs is 5. The van der Waals surface area contributed by atoms with E-state index < -0.39 is 61.0 Å². The molecule has 6 atom stereocenters. The van der Waals surface area contributed by atoms with Crippen LogP contribution in [0.3, 0.4) is 0 Å². The van der Waals surface area contributed by atoms with Gasteiger partial charge in [-0.15, -0.1) is 0 Å². The molecule has 174 valence electrons. The van der Waals surface area contributed by atoms with Gasteiger partial charge >= 0.3 is 5.97 Å². The van der Waals surface area contributed by atoms with Gasteiger partial charge in [0, 0.05) is 12.8 Å². The molecule has 5 rings (SSSR count). The summed E-state index contributed by atoms with van der Waals surface area (Å²) in [6.07, 6.45) is 0.490. The fourth-order valence-corrected chi connectivity index (χ4v) is 7.30. The number of piperidine rings is 1. The van der Waals surface area contributed by atoms with Crippen LogP contribution in [0.25, 0.3) is 0 Å². The SMILES string of the molecule is C[N+]1(C)C2CC(OC(=O)C(O)(c3sc(O)c(O)c3O)C3SC(=O)C(O)=C3O)CC1C1OC12. The van der Waals surface area contributed by atoms with Crippen molar-refractivity contribution in [2.45, 2.75) is 54.1 Å². The van der Waals surface area contributed by atoms with Crippen molar-refractivity contribution < 1.29 is 54.2 Å². The summed E-state index contributed by atoms with van der Waals surface area (Å²) in [6.45, 7) is 0. The number of epoxide rings is 1. The number of likely N-dealkylation sites (N-methyl/N-ethyl adjacent to an activating group) is 1. The average molecular weight is 489 g/mol. The van der Waals surface area contributed by atoms with E-state index in [1.807, 2.05) is 0 Å². The van der Waals surface area contributed by atoms with Gasteiger partial charge in [-0.1, -0.05) is 23.1 Å². The number of aromatic hydroxyl groups is 3. The highest BCUT2D eigenvalue weighted by Crippen LogP contribution is 2.56. The second-order valence-electron chi connectivity index (χ2n) is 9.05. The van der Waals surface area contributed by atoms with Crippen molar-refractivity contribution in [1.82, 2.24) is 0 Å². The molecular formula is C19H22NO10S2+. The van der Waals surface area contributed by atoms with Crippen molar-refractivity contribution in [1.29, 1.82) is 0 Å². The minimum atomic E-state index is -2.87. The number of ether oxygens (including phenoxy) is 2. The number of thioether (sulfide) groups is 1. The molecule has 3 saturated heterocycles. The van der Waals surface area contributed by atoms with Gasteiger partial charge in [0.1, 0.15) is 35.6 Å². The van der Waals surface area contributed by atoms with Gasteiger partial charge < -0.3 is 44.6 Å². The van der Waals surface area contributed by atoms with E-state index in [4.69, 9.17) is 9.47 Å². The third-order valence-corrected chi connectivity index (χ3v) is 9.40. The normalized spacial score (nSPS) is 36.7. The molecule has 4 aliphatic rings. The lowest BCUT2D eigenvalue weighted by Gasteiger charge is -2.45. The van der Waals surface area contributed by atoms with Crippen LogP contribution >= 0.6 is 23.1 Å². The highest BCUT2D eigenvalue weighted by Gasteiger charge is 2.71. The summed E-state index contributed by atoms with van der Waals surface area (Å²) in [5.41, 5.74) is -2.87. The number of rotatable bonds is 4. The first kappa shape index (κ1) is 21.6. The van der Waals surface area contributed by atoms with Crippen LogP contribution < -0.4 is 0 Å². The van der Waals surface area contributed by atoms with Crippen LogP contribution in [0.1, 0.15) is 17.7 Å². The van der Waals surface area contributed by atoms with E-state index >= 15 is 0 Å². The number of carbonyl (C=O) groups is 2. The molecule has 2 bridgehead atoms. The van der Waals surface area contributed by atoms with Gasteiger partial charge in [-0.25, -0.2) is 4.79 Å². The number of esters is 1. The third-order valence-electron chi connectivity index (χ3n) is 7.10. The van der Waals surface area contributed by atoms with E-state index in [9.17, 15) is 40.2 Å². The van der Waals surface area contributed by atoms with Crippen molar-refractivity contribution in [3.8, 4) is 16.6 Å². The molecule has 0 saturated carbocycles. The predicted molar refractivity (Wildman–Crippen MR) is 109 cm³/mol. The number of nitrogens with zero attached hydrogens (tertiary/aromatic N) is 1. The smallest absolute Gasteiger partial charge is 0.345 e. The van der Waals surface area contributed by atoms with E-state index in [2.05, 4.69) is 14.1 Å². The van der Waals surface area contributed by atoms with Crippen LogP contribution in [-0.2, 0) is 24.7 Å². The molecule has 0 aliphatic carbocycles. The highest BCUT2D eigenvalue weighted by atomic mass is 32.2. The number of hydrogen-bond donors (Lipinski definition) is 6. The maximum Gasteiger partial charge on any atom is 0.345 e. The Morgan fingerprint density at radius 2 is 1.69 bits per heavy atom. The second-order valence-corrected chi connectivity index (χ2v) is 11.1. The van der Waals surface area contributed by atoms with E-state index in [1.54, 1.807) is 0 Å². The number of quaternary nitrogens is 1. The molecule has 32 heavy (non-hydrogen) atoms. The molecule has 3 fully saturated rings. The number of morpholine rings is 1. The Kier molecular flexibility index (Phi) is 4.51. The number of carbonyl (C=O) groups excluding carboxylic acids is 2. The summed E-state index contributed by atoms with van der Waals surface area (Å²) < 4.78 is 12.1. The Bertz CT molecular complexity index is 1050. The van der Waals surface area contributed by atoms with Crippen LogP contribution in [0.4, 0.5) is 0 Å². The third kappa shape index (κ3) is 2.71. The van der Waals surface area contributed by atoms with Crippen molar-refractivity contribution in [2.75, 3.05) is 14.1 Å². The predicted octanol–water partition coefficient (Wildman–Crippen LogP) is 0.322. The Labute approximate surface area is 189 Å². The Morgan fingerprint density at radius 3 is 2.16 bits per heavy atom. The van der Waals surface area contributed by atoms with Gasteiger partial charge in [0.05, 0.1) is 19.0 Å². The van der Waals surface area contributed by atoms with Crippen molar-refractivity contribution in [3.63, 3.8) is 0 Å². The highest BCUT2D eigenvalue weighted by molar-refractivity contribution is 8.15. The average Bonchev–Trinajstić information content (AvgIpc) is 3.39. The second kappa shape index (κ2) is 6.67. The monoisotopic (exact) mass is 488 g/mol. The maximum absolute atomic E-state index is 13.3. The summed E-state index contributed by atoms with van der Waals surface area (Å²) >= 11 is 0.556. The summed E-state index contributed by atoms with van der Waals surface area (Å²) in [6, 6.07) is 0.181. The Balaban J connectivity index is 1.48. The molecule has 0 radical (unpaired) electrons. The van der Waals surface area contributed by atoms with Gasteiger partial charge in [0.15, 0.2) is 11.5 Å². The number of aliphatic hydroxyl groups excluding tert-OH is 2. The zero-order valence-electron chi connectivity index (χ0n) is 17.0. The van der Waals surface area contributed by atoms with Crippen molar-refractivity contribution in [3.05, 3.63) is 16.4 Å². The summed E-state index contributed by atoms with van der Waals surface area (Å²) in [4.78, 5) is 24.6. The zero-order chi connectivity index (χ0) is 23.3. The van der Waals surface area contributed by atoms with Gasteiger partial charge in [0.2, 0.25) is 22.2 Å². The number of thiophene rings is 1. The minimum absolute atomic E-state index is 0.0831. The molecule has 1 aromatic heterocycles. The fraction of sp³-hybridized carbons (Fsp3) is 0.579. The first-order valence-corrected chi connectivity index (χ1v) is 11.6. The van der Waals surface area contributed by atoms with Crippen LogP contribution in [-0.4, -0.2) is 95.9 Å². The molecule has 0 aromatic carbocycles. The topological polar surface area (TPSA) is 177 Å². The molecule has 11 nitrogen and oxygen atoms in total. The molecule has 0 amide bonds. The first-order chi connectivity index (χ1) is 14.9. The molecule has 4 aliphatic heterocycles. The zero-order valence-corrected chi connectivity index (χ0v) is 18.6. The van der Waals surface area contributed by atoms with Gasteiger partial charge in [-0.2, -0.15) is 0 Å². The number of aliphatic hydroxyl groups is 3. The molecular weight excluding hydrogens is 466 g/mol. The van der Waals surface area contributed by atoms with Crippen LogP contribution in [0.15, 0.2) is 11.5 Å². The molecule has 0 spiro atoms. The van der Waals surface area contributed by atoms with Crippen LogP contribution in [0.2, 0.25) is 0 Å². The fourth-order valence-electron chi connectivity index (χ4n) is 5.25. The van der Waals surface area contributed by atoms with Crippen molar-refractivity contribution >= 4 is 34.2 Å².